The molecule has 1 amide bonds. The van der Waals surface area contributed by atoms with Crippen molar-refractivity contribution in [1.29, 1.82) is 0 Å². The lowest BCUT2D eigenvalue weighted by molar-refractivity contribution is 0.0778. The van der Waals surface area contributed by atoms with Crippen molar-refractivity contribution < 1.29 is 13.2 Å². The zero-order valence-corrected chi connectivity index (χ0v) is 15.4. The molecule has 0 aromatic heterocycles. The van der Waals surface area contributed by atoms with Crippen molar-refractivity contribution in [3.05, 3.63) is 34.9 Å². The Morgan fingerprint density at radius 1 is 1.08 bits per heavy atom. The molecule has 0 spiro atoms. The van der Waals surface area contributed by atoms with Crippen LogP contribution in [-0.2, 0) is 10.0 Å². The van der Waals surface area contributed by atoms with E-state index in [2.05, 4.69) is 0 Å². The first-order valence-corrected chi connectivity index (χ1v) is 10.6. The minimum atomic E-state index is -3.08. The monoisotopic (exact) mass is 370 g/mol. The van der Waals surface area contributed by atoms with Gasteiger partial charge in [-0.1, -0.05) is 23.7 Å². The van der Waals surface area contributed by atoms with Crippen LogP contribution in [0.1, 0.15) is 29.6 Å². The second kappa shape index (κ2) is 7.02. The Bertz CT molecular complexity index is 714. The predicted molar refractivity (Wildman–Crippen MR) is 94.6 cm³/mol. The molecule has 0 bridgehead atoms. The van der Waals surface area contributed by atoms with Crippen molar-refractivity contribution in [2.45, 2.75) is 19.3 Å². The molecule has 1 aromatic rings. The summed E-state index contributed by atoms with van der Waals surface area (Å²) in [5.74, 6) is 0.946. The molecule has 0 radical (unpaired) electrons. The minimum Gasteiger partial charge on any atom is -0.338 e. The molecule has 2 fully saturated rings. The van der Waals surface area contributed by atoms with Crippen LogP contribution in [0.4, 0.5) is 0 Å². The Balaban J connectivity index is 1.58. The number of likely N-dealkylation sites (tertiary alicyclic amines) is 1. The van der Waals surface area contributed by atoms with E-state index in [-0.39, 0.29) is 5.91 Å². The highest BCUT2D eigenvalue weighted by Crippen LogP contribution is 2.33. The smallest absolute Gasteiger partial charge is 0.255 e. The molecule has 2 heterocycles. The quantitative estimate of drug-likeness (QED) is 0.821. The van der Waals surface area contributed by atoms with Gasteiger partial charge in [-0.05, 0) is 43.2 Å². The second-order valence-corrected chi connectivity index (χ2v) is 9.17. The lowest BCUT2D eigenvalue weighted by Crippen LogP contribution is -2.40. The summed E-state index contributed by atoms with van der Waals surface area (Å²) < 4.78 is 24.8. The van der Waals surface area contributed by atoms with Crippen LogP contribution in [0.5, 0.6) is 0 Å². The summed E-state index contributed by atoms with van der Waals surface area (Å²) in [5, 5.41) is 0.493. The minimum absolute atomic E-state index is 0.00308. The molecule has 0 aliphatic carbocycles. The fourth-order valence-electron chi connectivity index (χ4n) is 3.84. The first kappa shape index (κ1) is 17.7. The number of sulfonamides is 1. The normalized spacial score (nSPS) is 23.6. The fraction of sp³-hybridized carbons (Fsp3) is 0.588. The number of carbonyl (C=O) groups is 1. The zero-order valence-electron chi connectivity index (χ0n) is 13.8. The molecule has 2 saturated heterocycles. The van der Waals surface area contributed by atoms with Gasteiger partial charge >= 0.3 is 0 Å². The molecule has 132 valence electrons. The van der Waals surface area contributed by atoms with Crippen LogP contribution in [0.25, 0.3) is 0 Å². The van der Waals surface area contributed by atoms with Crippen LogP contribution in [0.15, 0.2) is 24.3 Å². The topological polar surface area (TPSA) is 57.7 Å². The summed E-state index contributed by atoms with van der Waals surface area (Å²) in [5.41, 5.74) is 0.562. The van der Waals surface area contributed by atoms with Crippen molar-refractivity contribution in [2.75, 3.05) is 32.4 Å². The number of halogens is 1. The maximum absolute atomic E-state index is 12.6. The summed E-state index contributed by atoms with van der Waals surface area (Å²) in [6, 6.07) is 7.15. The van der Waals surface area contributed by atoms with Crippen LogP contribution >= 0.6 is 11.6 Å². The third-order valence-electron chi connectivity index (χ3n) is 5.25. The van der Waals surface area contributed by atoms with Crippen molar-refractivity contribution >= 4 is 27.5 Å². The summed E-state index contributed by atoms with van der Waals surface area (Å²) in [6.45, 7) is 2.69. The van der Waals surface area contributed by atoms with Gasteiger partial charge in [0.15, 0.2) is 0 Å². The van der Waals surface area contributed by atoms with Gasteiger partial charge in [-0.15, -0.1) is 0 Å². The summed E-state index contributed by atoms with van der Waals surface area (Å²) in [6.07, 6.45) is 4.02. The fourth-order valence-corrected chi connectivity index (χ4v) is 4.93. The van der Waals surface area contributed by atoms with E-state index in [9.17, 15) is 13.2 Å². The maximum Gasteiger partial charge on any atom is 0.255 e. The Morgan fingerprint density at radius 2 is 1.71 bits per heavy atom. The van der Waals surface area contributed by atoms with Gasteiger partial charge in [-0.3, -0.25) is 4.79 Å². The first-order chi connectivity index (χ1) is 11.4. The van der Waals surface area contributed by atoms with Crippen molar-refractivity contribution in [3.63, 3.8) is 0 Å². The van der Waals surface area contributed by atoms with E-state index in [0.717, 1.165) is 32.4 Å². The van der Waals surface area contributed by atoms with E-state index in [1.807, 2.05) is 17.0 Å². The number of hydrogen-bond acceptors (Lipinski definition) is 3. The van der Waals surface area contributed by atoms with E-state index in [4.69, 9.17) is 11.6 Å². The van der Waals surface area contributed by atoms with Crippen LogP contribution in [0, 0.1) is 11.8 Å². The van der Waals surface area contributed by atoms with E-state index in [1.165, 1.54) is 6.26 Å². The van der Waals surface area contributed by atoms with Gasteiger partial charge in [0.25, 0.3) is 5.91 Å². The Hall–Kier alpha value is -1.11. The Kier molecular flexibility index (Phi) is 5.18. The molecule has 1 aromatic carbocycles. The van der Waals surface area contributed by atoms with E-state index >= 15 is 0 Å². The lowest BCUT2D eigenvalue weighted by atomic mass is 9.84. The summed E-state index contributed by atoms with van der Waals surface area (Å²) in [7, 11) is -3.08. The summed E-state index contributed by atoms with van der Waals surface area (Å²) >= 11 is 6.13. The molecule has 0 N–H and O–H groups in total. The van der Waals surface area contributed by atoms with Gasteiger partial charge in [0.05, 0.1) is 16.8 Å². The van der Waals surface area contributed by atoms with Gasteiger partial charge in [0.2, 0.25) is 10.0 Å². The first-order valence-electron chi connectivity index (χ1n) is 8.35. The average Bonchev–Trinajstić information content (AvgIpc) is 3.04. The molecular formula is C17H23ClN2O3S. The van der Waals surface area contributed by atoms with E-state index < -0.39 is 10.0 Å². The Labute approximate surface area is 148 Å². The zero-order chi connectivity index (χ0) is 17.3. The third kappa shape index (κ3) is 3.76. The molecule has 3 rings (SSSR count). The highest BCUT2D eigenvalue weighted by molar-refractivity contribution is 7.88. The predicted octanol–water partition coefficient (Wildman–Crippen LogP) is 2.47. The molecule has 2 aliphatic rings. The highest BCUT2D eigenvalue weighted by atomic mass is 35.5. The second-order valence-electron chi connectivity index (χ2n) is 6.78. The number of carbonyl (C=O) groups excluding carboxylic acids is 1. The van der Waals surface area contributed by atoms with Crippen molar-refractivity contribution in [3.8, 4) is 0 Å². The summed E-state index contributed by atoms with van der Waals surface area (Å²) in [4.78, 5) is 14.5. The molecule has 24 heavy (non-hydrogen) atoms. The number of amides is 1. The van der Waals surface area contributed by atoms with Crippen molar-refractivity contribution in [1.82, 2.24) is 9.21 Å². The third-order valence-corrected chi connectivity index (χ3v) is 6.88. The highest BCUT2D eigenvalue weighted by Gasteiger charge is 2.35. The lowest BCUT2D eigenvalue weighted by Gasteiger charge is -2.33. The standard InChI is InChI=1S/C17H23ClN2O3S/c1-24(22,23)20-10-7-13(8-11-20)14-6-9-19(12-14)17(21)15-4-2-3-5-16(15)18/h2-5,13-14H,6-12H2,1H3. The van der Waals surface area contributed by atoms with Crippen LogP contribution in [-0.4, -0.2) is 56.0 Å². The van der Waals surface area contributed by atoms with Gasteiger partial charge in [-0.2, -0.15) is 0 Å². The largest absolute Gasteiger partial charge is 0.338 e. The number of hydrogen-bond donors (Lipinski definition) is 0. The van der Waals surface area contributed by atoms with E-state index in [1.54, 1.807) is 16.4 Å². The van der Waals surface area contributed by atoms with Crippen LogP contribution < -0.4 is 0 Å². The number of piperidine rings is 1. The molecular weight excluding hydrogens is 348 g/mol. The SMILES string of the molecule is CS(=O)(=O)N1CCC(C2CCN(C(=O)c3ccccc3Cl)C2)CC1. The van der Waals surface area contributed by atoms with Gasteiger partial charge < -0.3 is 4.90 Å². The molecule has 1 unspecified atom stereocenters. The van der Waals surface area contributed by atoms with Gasteiger partial charge in [0, 0.05) is 26.2 Å². The number of rotatable bonds is 3. The van der Waals surface area contributed by atoms with Crippen molar-refractivity contribution in [2.24, 2.45) is 11.8 Å². The molecule has 0 saturated carbocycles. The van der Waals surface area contributed by atoms with Gasteiger partial charge in [0.1, 0.15) is 0 Å². The Morgan fingerprint density at radius 3 is 2.33 bits per heavy atom. The molecule has 5 nitrogen and oxygen atoms in total. The van der Waals surface area contributed by atoms with Crippen LogP contribution in [0.3, 0.4) is 0 Å². The molecule has 1 atom stereocenters. The van der Waals surface area contributed by atoms with Gasteiger partial charge in [-0.25, -0.2) is 12.7 Å². The molecule has 2 aliphatic heterocycles. The average molecular weight is 371 g/mol. The number of benzene rings is 1. The van der Waals surface area contributed by atoms with E-state index in [0.29, 0.717) is 35.5 Å². The van der Waals surface area contributed by atoms with Crippen LogP contribution in [0.2, 0.25) is 5.02 Å². The number of nitrogens with zero attached hydrogens (tertiary/aromatic N) is 2. The maximum atomic E-state index is 12.6. The molecule has 7 heteroatoms.